The number of halogens is 1. The molecule has 0 aliphatic rings. The average Bonchev–Trinajstić information content (AvgIpc) is 2.76. The number of amides is 1. The van der Waals surface area contributed by atoms with E-state index in [1.807, 2.05) is 4.83 Å². The van der Waals surface area contributed by atoms with Crippen molar-refractivity contribution >= 4 is 38.5 Å². The standard InChI is InChI=1S/C12H14ClN3O4S/c1-12(2,3)11(17)14-16-21(18,19)7-4-5-9-8(6-7)10(13)15-20-9/h4-6,16H,1-3H3,(H,14,17). The van der Waals surface area contributed by atoms with Crippen LogP contribution >= 0.6 is 11.6 Å². The molecular formula is C12H14ClN3O4S. The molecule has 114 valence electrons. The van der Waals surface area contributed by atoms with E-state index in [0.717, 1.165) is 0 Å². The Balaban J connectivity index is 2.25. The van der Waals surface area contributed by atoms with Crippen LogP contribution in [0.4, 0.5) is 0 Å². The summed E-state index contributed by atoms with van der Waals surface area (Å²) in [6.45, 7) is 5.00. The number of carbonyl (C=O) groups is 1. The zero-order valence-electron chi connectivity index (χ0n) is 11.6. The summed E-state index contributed by atoms with van der Waals surface area (Å²) in [6.07, 6.45) is 0. The summed E-state index contributed by atoms with van der Waals surface area (Å²) >= 11 is 5.79. The Morgan fingerprint density at radius 2 is 2.00 bits per heavy atom. The van der Waals surface area contributed by atoms with E-state index < -0.39 is 21.3 Å². The molecule has 9 heteroatoms. The lowest BCUT2D eigenvalue weighted by Gasteiger charge is -2.17. The minimum absolute atomic E-state index is 0.0608. The molecule has 0 spiro atoms. The number of benzene rings is 1. The van der Waals surface area contributed by atoms with E-state index in [-0.39, 0.29) is 10.0 Å². The van der Waals surface area contributed by atoms with E-state index >= 15 is 0 Å². The zero-order chi connectivity index (χ0) is 15.8. The number of hydrogen-bond acceptors (Lipinski definition) is 5. The Kier molecular flexibility index (Phi) is 3.96. The summed E-state index contributed by atoms with van der Waals surface area (Å²) in [5, 5.41) is 3.98. The van der Waals surface area contributed by atoms with Crippen LogP contribution in [0.1, 0.15) is 20.8 Å². The van der Waals surface area contributed by atoms with Crippen molar-refractivity contribution in [2.75, 3.05) is 0 Å². The van der Waals surface area contributed by atoms with Crippen LogP contribution in [-0.4, -0.2) is 19.5 Å². The maximum absolute atomic E-state index is 12.1. The maximum Gasteiger partial charge on any atom is 0.257 e. The number of hydrogen-bond donors (Lipinski definition) is 2. The molecule has 0 saturated carbocycles. The topological polar surface area (TPSA) is 101 Å². The van der Waals surface area contributed by atoms with Gasteiger partial charge in [-0.2, -0.15) is 0 Å². The fraction of sp³-hybridized carbons (Fsp3) is 0.333. The summed E-state index contributed by atoms with van der Waals surface area (Å²) < 4.78 is 29.1. The Hall–Kier alpha value is -1.64. The monoisotopic (exact) mass is 331 g/mol. The predicted octanol–water partition coefficient (Wildman–Crippen LogP) is 1.84. The molecule has 2 N–H and O–H groups in total. The molecule has 0 aliphatic heterocycles. The molecule has 1 aromatic carbocycles. The zero-order valence-corrected chi connectivity index (χ0v) is 13.2. The summed E-state index contributed by atoms with van der Waals surface area (Å²) in [7, 11) is -3.91. The second-order valence-corrected chi connectivity index (χ2v) is 7.48. The highest BCUT2D eigenvalue weighted by Gasteiger charge is 2.24. The Bertz CT molecular complexity index is 792. The summed E-state index contributed by atoms with van der Waals surface area (Å²) in [5.41, 5.74) is 1.82. The van der Waals surface area contributed by atoms with Gasteiger partial charge in [0.1, 0.15) is 0 Å². The Labute approximate surface area is 126 Å². The fourth-order valence-corrected chi connectivity index (χ4v) is 2.46. The fourth-order valence-electron chi connectivity index (χ4n) is 1.42. The van der Waals surface area contributed by atoms with E-state index in [2.05, 4.69) is 10.6 Å². The van der Waals surface area contributed by atoms with Gasteiger partial charge in [-0.1, -0.05) is 37.5 Å². The van der Waals surface area contributed by atoms with Gasteiger partial charge < -0.3 is 4.52 Å². The first kappa shape index (κ1) is 15.7. The molecule has 21 heavy (non-hydrogen) atoms. The van der Waals surface area contributed by atoms with Gasteiger partial charge in [0.15, 0.2) is 10.7 Å². The van der Waals surface area contributed by atoms with Crippen LogP contribution in [0.15, 0.2) is 27.6 Å². The first-order valence-corrected chi connectivity index (χ1v) is 7.84. The Morgan fingerprint density at radius 1 is 1.33 bits per heavy atom. The number of sulfonamides is 1. The number of hydrazine groups is 1. The van der Waals surface area contributed by atoms with Crippen LogP contribution in [0, 0.1) is 5.41 Å². The molecule has 2 aromatic rings. The second kappa shape index (κ2) is 5.28. The highest BCUT2D eigenvalue weighted by molar-refractivity contribution is 7.89. The molecule has 0 saturated heterocycles. The van der Waals surface area contributed by atoms with Gasteiger partial charge in [0.25, 0.3) is 10.0 Å². The van der Waals surface area contributed by atoms with Crippen LogP contribution in [0.3, 0.4) is 0 Å². The van der Waals surface area contributed by atoms with Crippen molar-refractivity contribution in [3.8, 4) is 0 Å². The van der Waals surface area contributed by atoms with Crippen LogP contribution < -0.4 is 10.3 Å². The molecule has 1 heterocycles. The molecule has 0 unspecified atom stereocenters. The summed E-state index contributed by atoms with van der Waals surface area (Å²) in [6, 6.07) is 4.09. The van der Waals surface area contributed by atoms with Gasteiger partial charge in [-0.05, 0) is 18.2 Å². The van der Waals surface area contributed by atoms with Gasteiger partial charge in [0, 0.05) is 5.41 Å². The van der Waals surface area contributed by atoms with Crippen LogP contribution in [-0.2, 0) is 14.8 Å². The average molecular weight is 332 g/mol. The van der Waals surface area contributed by atoms with E-state index in [1.165, 1.54) is 18.2 Å². The van der Waals surface area contributed by atoms with Crippen molar-refractivity contribution in [3.05, 3.63) is 23.4 Å². The number of rotatable bonds is 3. The van der Waals surface area contributed by atoms with Gasteiger partial charge in [0.2, 0.25) is 5.91 Å². The molecule has 0 aliphatic carbocycles. The van der Waals surface area contributed by atoms with Crippen LogP contribution in [0.5, 0.6) is 0 Å². The molecule has 0 atom stereocenters. The number of nitrogens with zero attached hydrogens (tertiary/aromatic N) is 1. The van der Waals surface area contributed by atoms with E-state index in [1.54, 1.807) is 20.8 Å². The van der Waals surface area contributed by atoms with Crippen LogP contribution in [0.25, 0.3) is 11.0 Å². The lowest BCUT2D eigenvalue weighted by molar-refractivity contribution is -0.129. The van der Waals surface area contributed by atoms with Gasteiger partial charge in [0.05, 0.1) is 10.3 Å². The Morgan fingerprint density at radius 3 is 2.62 bits per heavy atom. The third-order valence-electron chi connectivity index (χ3n) is 2.69. The van der Waals surface area contributed by atoms with Crippen molar-refractivity contribution in [1.82, 2.24) is 15.4 Å². The molecule has 1 amide bonds. The van der Waals surface area contributed by atoms with Crippen molar-refractivity contribution < 1.29 is 17.7 Å². The van der Waals surface area contributed by atoms with Gasteiger partial charge in [-0.3, -0.25) is 10.2 Å². The lowest BCUT2D eigenvalue weighted by Crippen LogP contribution is -2.46. The van der Waals surface area contributed by atoms with Crippen molar-refractivity contribution in [2.45, 2.75) is 25.7 Å². The smallest absolute Gasteiger partial charge is 0.257 e. The third-order valence-corrected chi connectivity index (χ3v) is 4.21. The third kappa shape index (κ3) is 3.34. The molecule has 7 nitrogen and oxygen atoms in total. The number of aromatic nitrogens is 1. The molecular weight excluding hydrogens is 318 g/mol. The number of carbonyl (C=O) groups excluding carboxylic acids is 1. The van der Waals surface area contributed by atoms with E-state index in [4.69, 9.17) is 16.1 Å². The second-order valence-electron chi connectivity index (χ2n) is 5.44. The van der Waals surface area contributed by atoms with E-state index in [0.29, 0.717) is 11.0 Å². The molecule has 2 rings (SSSR count). The van der Waals surface area contributed by atoms with Gasteiger partial charge >= 0.3 is 0 Å². The molecule has 0 fully saturated rings. The van der Waals surface area contributed by atoms with E-state index in [9.17, 15) is 13.2 Å². The van der Waals surface area contributed by atoms with Crippen molar-refractivity contribution in [1.29, 1.82) is 0 Å². The SMILES string of the molecule is CC(C)(C)C(=O)NNS(=O)(=O)c1ccc2onc(Cl)c2c1. The minimum atomic E-state index is -3.91. The summed E-state index contributed by atoms with van der Waals surface area (Å²) in [4.78, 5) is 13.7. The van der Waals surface area contributed by atoms with Crippen LogP contribution in [0.2, 0.25) is 5.15 Å². The lowest BCUT2D eigenvalue weighted by atomic mass is 9.96. The quantitative estimate of drug-likeness (QED) is 0.836. The highest BCUT2D eigenvalue weighted by Crippen LogP contribution is 2.25. The number of fused-ring (bicyclic) bond motifs is 1. The summed E-state index contributed by atoms with van der Waals surface area (Å²) in [5.74, 6) is -0.449. The highest BCUT2D eigenvalue weighted by atomic mass is 35.5. The first-order valence-electron chi connectivity index (χ1n) is 5.98. The molecule has 0 bridgehead atoms. The van der Waals surface area contributed by atoms with Gasteiger partial charge in [-0.15, -0.1) is 4.83 Å². The van der Waals surface area contributed by atoms with Crippen molar-refractivity contribution in [3.63, 3.8) is 0 Å². The minimum Gasteiger partial charge on any atom is -0.355 e. The first-order chi connectivity index (χ1) is 9.61. The maximum atomic E-state index is 12.1. The normalized spacial score (nSPS) is 12.6. The van der Waals surface area contributed by atoms with Crippen molar-refractivity contribution in [2.24, 2.45) is 5.41 Å². The largest absolute Gasteiger partial charge is 0.355 e. The predicted molar refractivity (Wildman–Crippen MR) is 76.9 cm³/mol. The number of nitrogens with one attached hydrogen (secondary N) is 2. The molecule has 0 radical (unpaired) electrons. The van der Waals surface area contributed by atoms with Gasteiger partial charge in [-0.25, -0.2) is 8.42 Å². The molecule has 1 aromatic heterocycles.